The first-order chi connectivity index (χ1) is 26.2. The molecule has 0 amide bonds. The molecule has 2 saturated heterocycles. The molecule has 294 valence electrons. The summed E-state index contributed by atoms with van der Waals surface area (Å²) >= 11 is 0. The first kappa shape index (κ1) is 39.2. The maximum atomic E-state index is 13.0. The van der Waals surface area contributed by atoms with E-state index in [1.165, 1.54) is 36.4 Å². The number of aromatic hydroxyl groups is 5. The molecule has 0 unspecified atom stereocenters. The second-order valence-corrected chi connectivity index (χ2v) is 12.6. The molecule has 55 heavy (non-hydrogen) atoms. The number of carbonyl (C=O) groups excluding carboxylic acids is 1. The van der Waals surface area contributed by atoms with Crippen LogP contribution in [-0.2, 0) is 23.7 Å². The van der Waals surface area contributed by atoms with Gasteiger partial charge < -0.3 is 84.3 Å². The van der Waals surface area contributed by atoms with Crippen molar-refractivity contribution in [2.24, 2.45) is 0 Å². The van der Waals surface area contributed by atoms with Crippen LogP contribution in [-0.4, -0.2) is 137 Å². The van der Waals surface area contributed by atoms with Crippen molar-refractivity contribution in [1.29, 1.82) is 0 Å². The first-order valence-electron chi connectivity index (χ1n) is 16.5. The van der Waals surface area contributed by atoms with Gasteiger partial charge in [-0.3, -0.25) is 4.79 Å². The maximum Gasteiger partial charge on any atom is 0.330 e. The average Bonchev–Trinajstić information content (AvgIpc) is 3.16. The summed E-state index contributed by atoms with van der Waals surface area (Å²) in [6.45, 7) is -1.55. The van der Waals surface area contributed by atoms with E-state index in [4.69, 9.17) is 28.1 Å². The summed E-state index contributed by atoms with van der Waals surface area (Å²) in [5.41, 5.74) is -0.530. The number of hydrogen-bond acceptors (Lipinski definition) is 19. The number of esters is 1. The Bertz CT molecular complexity index is 2100. The molecule has 2 fully saturated rings. The quantitative estimate of drug-likeness (QED) is 0.0537. The summed E-state index contributed by atoms with van der Waals surface area (Å²) in [6.07, 6.45) is -16.1. The van der Waals surface area contributed by atoms with Crippen LogP contribution in [0.3, 0.4) is 0 Å². The number of carbonyl (C=O) groups is 1. The lowest BCUT2D eigenvalue weighted by Gasteiger charge is -2.45. The monoisotopic (exact) mass is 772 g/mol. The fraction of sp³-hybridized carbons (Fsp3) is 0.333. The molecule has 19 heteroatoms. The lowest BCUT2D eigenvalue weighted by Crippen LogP contribution is -2.65. The van der Waals surface area contributed by atoms with Crippen LogP contribution in [0.5, 0.6) is 34.5 Å². The van der Waals surface area contributed by atoms with Gasteiger partial charge in [0, 0.05) is 23.8 Å². The van der Waals surface area contributed by atoms with E-state index in [9.17, 15) is 65.8 Å². The molecule has 1 aromatic heterocycles. The molecule has 2 aliphatic heterocycles. The molecule has 3 aromatic carbocycles. The smallest absolute Gasteiger partial charge is 0.330 e. The lowest BCUT2D eigenvalue weighted by atomic mass is 9.97. The zero-order valence-corrected chi connectivity index (χ0v) is 28.2. The predicted molar refractivity (Wildman–Crippen MR) is 183 cm³/mol. The number of fused-ring (bicyclic) bond motifs is 1. The highest BCUT2D eigenvalue weighted by atomic mass is 16.8. The second-order valence-electron chi connectivity index (χ2n) is 12.6. The van der Waals surface area contributed by atoms with E-state index in [1.54, 1.807) is 0 Å². The minimum Gasteiger partial charge on any atom is -0.508 e. The standard InChI is InChI=1S/C36H36O19/c37-12-23-28(44)32(48)34(55-35-33(49)31(47)29(45)24(54-35)13-50-25(42)8-3-14-1-5-16(38)6-2-14)36(53-23)52-22-11-21-26(30(46)27(22)43)19(41)10-20(51-21)15-4-7-17(39)18(40)9-15/h1-11,23-24,28-29,31-40,43-49H,12-13H2/b8-3+/t23-,24+,28+,29+,31-,32-,33+,34-,35-,36+/m0/s1. The first-order valence-corrected chi connectivity index (χ1v) is 16.5. The van der Waals surface area contributed by atoms with Gasteiger partial charge in [-0.1, -0.05) is 12.1 Å². The maximum absolute atomic E-state index is 13.0. The van der Waals surface area contributed by atoms with Crippen molar-refractivity contribution < 1.29 is 89.1 Å². The van der Waals surface area contributed by atoms with Crippen molar-refractivity contribution in [2.45, 2.75) is 61.4 Å². The van der Waals surface area contributed by atoms with Gasteiger partial charge in [-0.05, 0) is 42.0 Å². The molecule has 0 spiro atoms. The number of aliphatic hydroxyl groups is 6. The van der Waals surface area contributed by atoms with Crippen molar-refractivity contribution >= 4 is 23.0 Å². The molecule has 0 radical (unpaired) electrons. The van der Waals surface area contributed by atoms with Gasteiger partial charge in [-0.25, -0.2) is 4.79 Å². The van der Waals surface area contributed by atoms with Crippen molar-refractivity contribution in [3.63, 3.8) is 0 Å². The van der Waals surface area contributed by atoms with Crippen molar-refractivity contribution in [2.75, 3.05) is 13.2 Å². The molecule has 10 atom stereocenters. The highest BCUT2D eigenvalue weighted by Gasteiger charge is 2.52. The highest BCUT2D eigenvalue weighted by molar-refractivity contribution is 5.89. The van der Waals surface area contributed by atoms with Crippen molar-refractivity contribution in [1.82, 2.24) is 0 Å². The molecule has 6 rings (SSSR count). The molecule has 0 saturated carbocycles. The highest BCUT2D eigenvalue weighted by Crippen LogP contribution is 2.43. The van der Waals surface area contributed by atoms with Gasteiger partial charge in [0.1, 0.15) is 71.8 Å². The third kappa shape index (κ3) is 8.15. The van der Waals surface area contributed by atoms with Gasteiger partial charge in [0.15, 0.2) is 40.8 Å². The van der Waals surface area contributed by atoms with Crippen LogP contribution in [0.1, 0.15) is 5.56 Å². The Labute approximate surface area is 308 Å². The zero-order valence-electron chi connectivity index (χ0n) is 28.2. The summed E-state index contributed by atoms with van der Waals surface area (Å²) in [5.74, 6) is -4.68. The van der Waals surface area contributed by atoms with Gasteiger partial charge in [0.25, 0.3) is 0 Å². The molecule has 0 bridgehead atoms. The summed E-state index contributed by atoms with van der Waals surface area (Å²) < 4.78 is 33.5. The van der Waals surface area contributed by atoms with E-state index in [-0.39, 0.29) is 22.7 Å². The Morgan fingerprint density at radius 2 is 1.44 bits per heavy atom. The number of phenolic OH excluding ortho intramolecular Hbond substituents is 5. The predicted octanol–water partition coefficient (Wildman–Crippen LogP) is -0.745. The average molecular weight is 773 g/mol. The second kappa shape index (κ2) is 16.1. The van der Waals surface area contributed by atoms with Crippen LogP contribution < -0.4 is 10.2 Å². The Morgan fingerprint density at radius 3 is 2.13 bits per heavy atom. The van der Waals surface area contributed by atoms with E-state index in [1.807, 2.05) is 0 Å². The molecular formula is C36H36O19. The largest absolute Gasteiger partial charge is 0.508 e. The number of ether oxygens (including phenoxy) is 5. The molecule has 0 aliphatic carbocycles. The van der Waals surface area contributed by atoms with Crippen molar-refractivity contribution in [3.8, 4) is 45.8 Å². The summed E-state index contributed by atoms with van der Waals surface area (Å²) in [4.78, 5) is 25.4. The summed E-state index contributed by atoms with van der Waals surface area (Å²) in [6, 6.07) is 11.3. The number of phenols is 5. The van der Waals surface area contributed by atoms with Gasteiger partial charge >= 0.3 is 5.97 Å². The molecular weight excluding hydrogens is 736 g/mol. The van der Waals surface area contributed by atoms with Gasteiger partial charge in [-0.2, -0.15) is 0 Å². The van der Waals surface area contributed by atoms with E-state index < -0.39 is 120 Å². The van der Waals surface area contributed by atoms with Gasteiger partial charge in [0.2, 0.25) is 12.0 Å². The lowest BCUT2D eigenvalue weighted by molar-refractivity contribution is -0.358. The van der Waals surface area contributed by atoms with Crippen molar-refractivity contribution in [3.05, 3.63) is 76.5 Å². The Balaban J connectivity index is 1.24. The Hall–Kier alpha value is -5.48. The van der Waals surface area contributed by atoms with E-state index in [0.717, 1.165) is 30.3 Å². The molecule has 11 N–H and O–H groups in total. The third-order valence-corrected chi connectivity index (χ3v) is 8.91. The van der Waals surface area contributed by atoms with Crippen LogP contribution in [0.25, 0.3) is 28.4 Å². The normalized spacial score (nSPS) is 28.3. The SMILES string of the molecule is O=C(/C=C/c1ccc(O)cc1)OC[C@H]1O[C@@H](O[C@@H]2[C@H](Oc3cc4oc(-c5ccc(O)c(O)c5)cc(=O)c4c(O)c3O)O[C@@H](CO)[C@@H](O)[C@@H]2O)[C@H](O)[C@@H](O)[C@@H]1O. The zero-order chi connectivity index (χ0) is 39.7. The number of aliphatic hydroxyl groups excluding tert-OH is 6. The number of benzene rings is 3. The minimum absolute atomic E-state index is 0.0130. The van der Waals surface area contributed by atoms with Crippen LogP contribution in [0.2, 0.25) is 0 Å². The number of rotatable bonds is 10. The molecule has 4 aromatic rings. The molecule has 2 aliphatic rings. The van der Waals surface area contributed by atoms with Crippen LogP contribution in [0.4, 0.5) is 0 Å². The summed E-state index contributed by atoms with van der Waals surface area (Å²) in [7, 11) is 0. The Kier molecular flexibility index (Phi) is 11.5. The third-order valence-electron chi connectivity index (χ3n) is 8.91. The van der Waals surface area contributed by atoms with Gasteiger partial charge in [0.05, 0.1) is 6.61 Å². The molecule has 3 heterocycles. The topological polar surface area (TPSA) is 316 Å². The number of hydrogen-bond donors (Lipinski definition) is 11. The summed E-state index contributed by atoms with van der Waals surface area (Å²) in [5, 5.41) is 114. The molecule has 19 nitrogen and oxygen atoms in total. The van der Waals surface area contributed by atoms with Crippen LogP contribution >= 0.6 is 0 Å². The fourth-order valence-electron chi connectivity index (χ4n) is 5.88. The minimum atomic E-state index is -2.03. The van der Waals surface area contributed by atoms with E-state index >= 15 is 0 Å². The fourth-order valence-corrected chi connectivity index (χ4v) is 5.88. The van der Waals surface area contributed by atoms with E-state index in [2.05, 4.69) is 0 Å². The van der Waals surface area contributed by atoms with Crippen LogP contribution in [0.15, 0.2) is 69.9 Å². The van der Waals surface area contributed by atoms with Crippen LogP contribution in [0, 0.1) is 0 Å². The Morgan fingerprint density at radius 1 is 0.745 bits per heavy atom. The van der Waals surface area contributed by atoms with Gasteiger partial charge in [-0.15, -0.1) is 0 Å². The van der Waals surface area contributed by atoms with E-state index in [0.29, 0.717) is 5.56 Å².